The van der Waals surface area contributed by atoms with E-state index in [0.717, 1.165) is 5.69 Å². The largest absolute Gasteiger partial charge is 0.256 e. The van der Waals surface area contributed by atoms with Crippen LogP contribution in [0.4, 0.5) is 0 Å². The Bertz CT molecular complexity index is 879. The molecule has 0 amide bonds. The van der Waals surface area contributed by atoms with Crippen LogP contribution in [0.2, 0.25) is 0 Å². The van der Waals surface area contributed by atoms with Crippen molar-refractivity contribution in [3.05, 3.63) is 121 Å². The molecule has 3 aromatic carbocycles. The topological polar surface area (TPSA) is 12.9 Å². The van der Waals surface area contributed by atoms with Crippen molar-refractivity contribution >= 4 is 45.8 Å². The summed E-state index contributed by atoms with van der Waals surface area (Å²) in [4.78, 5) is 4.74. The van der Waals surface area contributed by atoms with Gasteiger partial charge in [0, 0.05) is 6.20 Å². The molecule has 4 aromatic rings. The monoisotopic (exact) mass is 480 g/mol. The Morgan fingerprint density at radius 2 is 0.963 bits per heavy atom. The van der Waals surface area contributed by atoms with Crippen molar-refractivity contribution in [3.63, 3.8) is 0 Å². The molecule has 0 spiro atoms. The van der Waals surface area contributed by atoms with Crippen LogP contribution in [0.5, 0.6) is 0 Å². The minimum atomic E-state index is -1.94. The van der Waals surface area contributed by atoms with E-state index in [1.165, 1.54) is 15.9 Å². The van der Waals surface area contributed by atoms with Gasteiger partial charge in [-0.25, -0.2) is 0 Å². The molecule has 0 bridgehead atoms. The Balaban J connectivity index is 2.07. The van der Waals surface area contributed by atoms with E-state index >= 15 is 0 Å². The van der Waals surface area contributed by atoms with Crippen molar-refractivity contribution in [3.8, 4) is 0 Å². The van der Waals surface area contributed by atoms with Crippen molar-refractivity contribution in [2.75, 3.05) is 0 Å². The second kappa shape index (κ2) is 8.33. The van der Waals surface area contributed by atoms with Gasteiger partial charge in [0.1, 0.15) is 23.2 Å². The zero-order valence-corrected chi connectivity index (χ0v) is 17.9. The van der Waals surface area contributed by atoms with Crippen LogP contribution in [-0.2, 0) is 0 Å². The van der Waals surface area contributed by atoms with Gasteiger partial charge in [0.2, 0.25) is 0 Å². The van der Waals surface area contributed by atoms with Crippen molar-refractivity contribution in [2.24, 2.45) is 0 Å². The first kappa shape index (κ1) is 18.3. The summed E-state index contributed by atoms with van der Waals surface area (Å²) in [5.74, 6) is 0. The molecule has 4 rings (SSSR count). The molecule has 0 saturated carbocycles. The average Bonchev–Trinajstić information content (AvgIpc) is 2.77. The van der Waals surface area contributed by atoms with Crippen LogP contribution in [0.25, 0.3) is 0 Å². The van der Waals surface area contributed by atoms with Crippen LogP contribution in [0, 0.1) is 0 Å². The third-order valence-electron chi connectivity index (χ3n) is 4.76. The predicted molar refractivity (Wildman–Crippen MR) is 126 cm³/mol. The maximum Gasteiger partial charge on any atom is 0.175 e. The highest BCUT2D eigenvalue weighted by Gasteiger charge is 2.52. The van der Waals surface area contributed by atoms with Crippen LogP contribution in [0.15, 0.2) is 115 Å². The quantitative estimate of drug-likeness (QED) is 0.209. The van der Waals surface area contributed by atoms with E-state index in [0.29, 0.717) is 0 Å². The lowest BCUT2D eigenvalue weighted by molar-refractivity contribution is 1.17. The molecule has 0 N–H and O–H groups in total. The smallest absolute Gasteiger partial charge is 0.175 e. The highest BCUT2D eigenvalue weighted by molar-refractivity contribution is 14.1. The summed E-state index contributed by atoms with van der Waals surface area (Å²) in [6.07, 6.45) is 1.90. The summed E-state index contributed by atoms with van der Waals surface area (Å²) in [5, 5.41) is 4.15. The lowest BCUT2D eigenvalue weighted by Crippen LogP contribution is -2.33. The van der Waals surface area contributed by atoms with Gasteiger partial charge in [0.25, 0.3) is 0 Å². The van der Waals surface area contributed by atoms with Crippen LogP contribution >= 0.6 is 29.9 Å². The number of hydrogen-bond acceptors (Lipinski definition) is 1. The molecule has 27 heavy (non-hydrogen) atoms. The van der Waals surface area contributed by atoms with E-state index in [1.54, 1.807) is 0 Å². The summed E-state index contributed by atoms with van der Waals surface area (Å²) in [6.45, 7) is 0. The SMILES string of the molecule is IC(c1ccccn1)[P+](c1ccccc1)(c1ccccc1)c1ccccc1. The fraction of sp³-hybridized carbons (Fsp3) is 0.0417. The van der Waals surface area contributed by atoms with Gasteiger partial charge >= 0.3 is 0 Å². The molecule has 132 valence electrons. The highest BCUT2D eigenvalue weighted by Crippen LogP contribution is 2.69. The van der Waals surface area contributed by atoms with Gasteiger partial charge < -0.3 is 0 Å². The number of aromatic nitrogens is 1. The minimum Gasteiger partial charge on any atom is -0.256 e. The maximum atomic E-state index is 4.74. The van der Waals surface area contributed by atoms with Crippen LogP contribution in [0.3, 0.4) is 0 Å². The minimum absolute atomic E-state index is 0.239. The molecule has 0 aliphatic rings. The Kier molecular flexibility index (Phi) is 5.66. The highest BCUT2D eigenvalue weighted by atomic mass is 127. The normalized spacial score (nSPS) is 12.5. The van der Waals surface area contributed by atoms with E-state index in [2.05, 4.69) is 126 Å². The lowest BCUT2D eigenvalue weighted by atomic mass is 10.3. The van der Waals surface area contributed by atoms with E-state index < -0.39 is 7.26 Å². The average molecular weight is 480 g/mol. The summed E-state index contributed by atoms with van der Waals surface area (Å²) < 4.78 is 0.239. The van der Waals surface area contributed by atoms with Crippen molar-refractivity contribution in [2.45, 2.75) is 3.67 Å². The van der Waals surface area contributed by atoms with Gasteiger partial charge in [-0.05, 0) is 71.1 Å². The summed E-state index contributed by atoms with van der Waals surface area (Å²) in [6, 6.07) is 39.1. The zero-order valence-electron chi connectivity index (χ0n) is 14.8. The van der Waals surface area contributed by atoms with Crippen LogP contribution in [0.1, 0.15) is 9.36 Å². The molecule has 0 radical (unpaired) electrons. The van der Waals surface area contributed by atoms with Crippen molar-refractivity contribution in [1.29, 1.82) is 0 Å². The third kappa shape index (κ3) is 3.44. The molecular formula is C24H20INP+. The molecule has 1 aromatic heterocycles. The van der Waals surface area contributed by atoms with Crippen LogP contribution < -0.4 is 15.9 Å². The van der Waals surface area contributed by atoms with Gasteiger partial charge in [-0.3, -0.25) is 4.98 Å². The lowest BCUT2D eigenvalue weighted by Gasteiger charge is -2.31. The number of benzene rings is 3. The first-order chi connectivity index (χ1) is 13.3. The second-order valence-corrected chi connectivity index (χ2v) is 12.1. The fourth-order valence-electron chi connectivity index (χ4n) is 3.54. The van der Waals surface area contributed by atoms with Crippen LogP contribution in [-0.4, -0.2) is 4.98 Å². The Labute approximate surface area is 175 Å². The van der Waals surface area contributed by atoms with Crippen molar-refractivity contribution < 1.29 is 0 Å². The van der Waals surface area contributed by atoms with E-state index in [9.17, 15) is 0 Å². The van der Waals surface area contributed by atoms with Gasteiger partial charge in [0.15, 0.2) is 3.67 Å². The van der Waals surface area contributed by atoms with Gasteiger partial charge in [-0.2, -0.15) is 0 Å². The number of halogens is 1. The summed E-state index contributed by atoms with van der Waals surface area (Å²) >= 11 is 2.62. The summed E-state index contributed by atoms with van der Waals surface area (Å²) in [7, 11) is -1.94. The fourth-order valence-corrected chi connectivity index (χ4v) is 11.0. The van der Waals surface area contributed by atoms with Gasteiger partial charge in [0.05, 0.1) is 5.69 Å². The Morgan fingerprint density at radius 1 is 0.556 bits per heavy atom. The Hall–Kier alpha value is -2.03. The zero-order chi connectivity index (χ0) is 18.5. The Morgan fingerprint density at radius 3 is 1.33 bits per heavy atom. The second-order valence-electron chi connectivity index (χ2n) is 6.32. The standard InChI is InChI=1S/C24H20INP/c25-24(23-18-10-11-19-26-23)27(20-12-4-1-5-13-20,21-14-6-2-7-15-21)22-16-8-3-9-17-22/h1-19,24H/q+1. The molecule has 0 saturated heterocycles. The number of rotatable bonds is 5. The third-order valence-corrected chi connectivity index (χ3v) is 12.2. The van der Waals surface area contributed by atoms with Gasteiger partial charge in [-0.1, -0.05) is 60.7 Å². The first-order valence-electron chi connectivity index (χ1n) is 8.94. The van der Waals surface area contributed by atoms with E-state index in [4.69, 9.17) is 4.98 Å². The molecule has 1 atom stereocenters. The molecule has 0 aliphatic carbocycles. The molecular weight excluding hydrogens is 460 g/mol. The molecule has 1 heterocycles. The van der Waals surface area contributed by atoms with E-state index in [1.807, 2.05) is 12.3 Å². The summed E-state index contributed by atoms with van der Waals surface area (Å²) in [5.41, 5.74) is 1.13. The molecule has 0 aliphatic heterocycles. The molecule has 1 nitrogen and oxygen atoms in total. The number of hydrogen-bond donors (Lipinski definition) is 0. The maximum absolute atomic E-state index is 4.74. The molecule has 3 heteroatoms. The number of alkyl halides is 1. The molecule has 1 unspecified atom stereocenters. The van der Waals surface area contributed by atoms with Gasteiger partial charge in [-0.15, -0.1) is 0 Å². The van der Waals surface area contributed by atoms with Crippen molar-refractivity contribution in [1.82, 2.24) is 4.98 Å². The van der Waals surface area contributed by atoms with E-state index in [-0.39, 0.29) is 3.67 Å². The number of nitrogens with zero attached hydrogens (tertiary/aromatic N) is 1. The molecule has 0 fully saturated rings. The first-order valence-corrected chi connectivity index (χ1v) is 12.0. The number of pyridine rings is 1. The predicted octanol–water partition coefficient (Wildman–Crippen LogP) is 5.51.